The summed E-state index contributed by atoms with van der Waals surface area (Å²) in [6.07, 6.45) is 2.84. The summed E-state index contributed by atoms with van der Waals surface area (Å²) in [5.41, 5.74) is 2.13. The number of phenolic OH excluding ortho intramolecular Hbond substituents is 10. The van der Waals surface area contributed by atoms with Gasteiger partial charge < -0.3 is 55.5 Å². The minimum absolute atomic E-state index is 0.00190. The van der Waals surface area contributed by atoms with Crippen molar-refractivity contribution in [2.75, 3.05) is 0 Å². The fourth-order valence-corrected chi connectivity index (χ4v) is 6.39. The van der Waals surface area contributed by atoms with E-state index in [0.29, 0.717) is 38.6 Å². The molecule has 62 heavy (non-hydrogen) atoms. The van der Waals surface area contributed by atoms with Crippen LogP contribution in [0.2, 0.25) is 0 Å². The van der Waals surface area contributed by atoms with E-state index >= 15 is 0 Å². The smallest absolute Gasteiger partial charge is 0.283 e. The third-order valence-corrected chi connectivity index (χ3v) is 9.65. The van der Waals surface area contributed by atoms with Gasteiger partial charge in [-0.15, -0.1) is 10.2 Å². The number of rotatable bonds is 7. The Morgan fingerprint density at radius 1 is 0.435 bits per heavy atom. The first-order valence-corrected chi connectivity index (χ1v) is 18.1. The molecule has 20 nitrogen and oxygen atoms in total. The summed E-state index contributed by atoms with van der Waals surface area (Å²) in [6, 6.07) is 22.9. The van der Waals surface area contributed by atoms with Gasteiger partial charge in [0.15, 0.2) is 74.7 Å². The average Bonchev–Trinajstić information content (AvgIpc) is 3.97. The van der Waals surface area contributed by atoms with Crippen LogP contribution in [-0.2, 0) is 0 Å². The Morgan fingerprint density at radius 3 is 1.40 bits per heavy atom. The van der Waals surface area contributed by atoms with Gasteiger partial charge in [-0.2, -0.15) is 0 Å². The zero-order valence-corrected chi connectivity index (χ0v) is 31.9. The summed E-state index contributed by atoms with van der Waals surface area (Å²) in [5, 5.41) is 125. The van der Waals surface area contributed by atoms with E-state index < -0.39 is 27.0 Å². The number of nitrogens with zero attached hydrogens (tertiary/aromatic N) is 5. The molecule has 0 aliphatic heterocycles. The fourth-order valence-electron chi connectivity index (χ4n) is 5.53. The molecule has 0 atom stereocenters. The third-order valence-electron chi connectivity index (χ3n) is 8.65. The molecule has 8 aromatic rings. The number of oxazole rings is 1. The molecule has 2 heterocycles. The van der Waals surface area contributed by atoms with Gasteiger partial charge in [0.05, 0.1) is 33.2 Å². The Kier molecular flexibility index (Phi) is 12.2. The van der Waals surface area contributed by atoms with Crippen LogP contribution >= 0.6 is 11.3 Å². The van der Waals surface area contributed by atoms with Crippen LogP contribution in [0, 0.1) is 20.2 Å². The van der Waals surface area contributed by atoms with Gasteiger partial charge >= 0.3 is 0 Å². The van der Waals surface area contributed by atoms with Crippen LogP contribution in [0.1, 0.15) is 0 Å². The minimum Gasteiger partial charge on any atom is -0.504 e. The number of hydrogen-bond acceptors (Lipinski definition) is 19. The predicted octanol–water partition coefficient (Wildman–Crippen LogP) is 8.11. The molecule has 0 spiro atoms. The Bertz CT molecular complexity index is 2960. The lowest BCUT2D eigenvalue weighted by Crippen LogP contribution is -1.93. The Balaban J connectivity index is 0.000000163. The first-order chi connectivity index (χ1) is 29.5. The number of nitro benzene ring substituents is 2. The van der Waals surface area contributed by atoms with Gasteiger partial charge in [-0.3, -0.25) is 20.2 Å². The summed E-state index contributed by atoms with van der Waals surface area (Å²) in [7, 11) is 0. The molecular formula is C41H29N5O15S. The highest BCUT2D eigenvalue weighted by Gasteiger charge is 2.23. The maximum atomic E-state index is 11.5. The number of aromatic hydroxyl groups is 10. The third kappa shape index (κ3) is 9.43. The lowest BCUT2D eigenvalue weighted by atomic mass is 9.98. The number of hydrogen-bond donors (Lipinski definition) is 10. The van der Waals surface area contributed by atoms with Gasteiger partial charge in [-0.1, -0.05) is 29.5 Å². The van der Waals surface area contributed by atoms with Gasteiger partial charge in [0.2, 0.25) is 0 Å². The molecular weight excluding hydrogens is 835 g/mol. The molecule has 0 unspecified atom stereocenters. The van der Waals surface area contributed by atoms with Gasteiger partial charge in [-0.25, -0.2) is 4.98 Å². The van der Waals surface area contributed by atoms with E-state index in [2.05, 4.69) is 15.2 Å². The molecule has 0 amide bonds. The van der Waals surface area contributed by atoms with E-state index in [4.69, 9.17) is 9.52 Å². The second-order valence-electron chi connectivity index (χ2n) is 12.7. The lowest BCUT2D eigenvalue weighted by Gasteiger charge is -2.08. The van der Waals surface area contributed by atoms with Crippen molar-refractivity contribution in [3.05, 3.63) is 136 Å². The van der Waals surface area contributed by atoms with Crippen LogP contribution in [0.3, 0.4) is 0 Å². The molecule has 314 valence electrons. The van der Waals surface area contributed by atoms with Crippen LogP contribution in [0.5, 0.6) is 57.5 Å². The first-order valence-electron chi connectivity index (χ1n) is 17.3. The van der Waals surface area contributed by atoms with Gasteiger partial charge in [0.1, 0.15) is 5.01 Å². The quantitative estimate of drug-likeness (QED) is 0.0410. The normalized spacial score (nSPS) is 10.5. The van der Waals surface area contributed by atoms with E-state index in [1.807, 2.05) is 0 Å². The van der Waals surface area contributed by atoms with Gasteiger partial charge in [0.25, 0.3) is 11.4 Å². The molecule has 0 saturated heterocycles. The molecule has 6 aromatic carbocycles. The summed E-state index contributed by atoms with van der Waals surface area (Å²) in [6.45, 7) is 0. The number of benzene rings is 6. The van der Waals surface area contributed by atoms with Crippen LogP contribution < -0.4 is 0 Å². The first kappa shape index (κ1) is 42.5. The molecule has 0 aliphatic rings. The van der Waals surface area contributed by atoms with Crippen molar-refractivity contribution in [2.24, 2.45) is 0 Å². The van der Waals surface area contributed by atoms with Crippen molar-refractivity contribution in [1.29, 1.82) is 0 Å². The Labute approximate surface area is 350 Å². The number of aromatic nitrogens is 3. The van der Waals surface area contributed by atoms with Gasteiger partial charge in [0, 0.05) is 23.3 Å². The van der Waals surface area contributed by atoms with E-state index in [-0.39, 0.29) is 67.8 Å². The summed E-state index contributed by atoms with van der Waals surface area (Å²) < 4.78 is 5.01. The molecule has 21 heteroatoms. The standard InChI is InChI=1S/C18H13NO6.C14H9N3O6S.C9H7NO3/c20-15-5-2-11(8-17(15)22)10-1-4-13(14(7-10)19(24)25)12-3-6-16(21)18(23)9-12;18-9-2-1-6(3-10(9)19)13-15-16-14(24-13)7-4-11(20)12(21)5-8(7)17(22)23;11-7-2-1-6(3-8(7)12)9-4-10-5-13-9/h1-9,20-23H;1-5,18-21H;1-5,11-12H. The SMILES string of the molecule is O=[N+]([O-])c1cc(-c2ccc(O)c(O)c2)ccc1-c1ccc(O)c(O)c1.O=[N+]([O-])c1cc(O)c(O)cc1-c1nnc(-c2ccc(O)c(O)c2)s1.Oc1ccc(-c2cnco2)cc1O. The maximum absolute atomic E-state index is 11.5. The van der Waals surface area contributed by atoms with E-state index in [9.17, 15) is 66.2 Å². The van der Waals surface area contributed by atoms with Crippen LogP contribution in [0.4, 0.5) is 11.4 Å². The summed E-state index contributed by atoms with van der Waals surface area (Å²) in [4.78, 5) is 25.1. The van der Waals surface area contributed by atoms with Crippen LogP contribution in [0.25, 0.3) is 54.7 Å². The Hall–Kier alpha value is -9.11. The lowest BCUT2D eigenvalue weighted by molar-refractivity contribution is -0.384. The zero-order chi connectivity index (χ0) is 44.8. The summed E-state index contributed by atoms with van der Waals surface area (Å²) in [5.74, 6) is -2.83. The van der Waals surface area contributed by atoms with E-state index in [0.717, 1.165) is 23.5 Å². The number of phenols is 10. The molecule has 0 bridgehead atoms. The van der Waals surface area contributed by atoms with Gasteiger partial charge in [-0.05, 0) is 83.4 Å². The molecule has 8 rings (SSSR count). The minimum atomic E-state index is -0.706. The molecule has 0 aliphatic carbocycles. The molecule has 0 radical (unpaired) electrons. The molecule has 0 saturated carbocycles. The summed E-state index contributed by atoms with van der Waals surface area (Å²) >= 11 is 0.988. The van der Waals surface area contributed by atoms with Crippen molar-refractivity contribution in [1.82, 2.24) is 15.2 Å². The van der Waals surface area contributed by atoms with Crippen molar-refractivity contribution in [2.45, 2.75) is 0 Å². The maximum Gasteiger partial charge on any atom is 0.283 e. The second-order valence-corrected chi connectivity index (χ2v) is 13.7. The molecule has 2 aromatic heterocycles. The highest BCUT2D eigenvalue weighted by Crippen LogP contribution is 2.42. The van der Waals surface area contributed by atoms with Crippen molar-refractivity contribution in [3.8, 4) is 112 Å². The van der Waals surface area contributed by atoms with Crippen molar-refractivity contribution >= 4 is 22.7 Å². The van der Waals surface area contributed by atoms with E-state index in [1.54, 1.807) is 12.1 Å². The monoisotopic (exact) mass is 863 g/mol. The number of nitro groups is 2. The average molecular weight is 864 g/mol. The highest BCUT2D eigenvalue weighted by molar-refractivity contribution is 7.18. The van der Waals surface area contributed by atoms with Crippen LogP contribution in [0.15, 0.2) is 120 Å². The van der Waals surface area contributed by atoms with E-state index in [1.165, 1.54) is 91.5 Å². The molecule has 10 N–H and O–H groups in total. The Morgan fingerprint density at radius 2 is 0.855 bits per heavy atom. The zero-order valence-electron chi connectivity index (χ0n) is 31.1. The van der Waals surface area contributed by atoms with Crippen molar-refractivity contribution < 1.29 is 65.3 Å². The predicted molar refractivity (Wildman–Crippen MR) is 220 cm³/mol. The second kappa shape index (κ2) is 17.8. The largest absolute Gasteiger partial charge is 0.504 e. The van der Waals surface area contributed by atoms with Crippen molar-refractivity contribution in [3.63, 3.8) is 0 Å². The topological polar surface area (TPSA) is 340 Å². The highest BCUT2D eigenvalue weighted by atomic mass is 32.1. The molecule has 0 fully saturated rings. The fraction of sp³-hybridized carbons (Fsp3) is 0. The van der Waals surface area contributed by atoms with Crippen LogP contribution in [-0.4, -0.2) is 76.1 Å².